The first-order valence-corrected chi connectivity index (χ1v) is 7.60. The molecule has 1 aromatic heterocycles. The standard InChI is InChI=1S/C12H21N5OS/c1-3-6-15-12(10(13)18,9-4-5-9)7-19-11-14-8-16-17(11)2/h8-9,15H,3-7H2,1-2H3,(H2,13,18). The van der Waals surface area contributed by atoms with E-state index in [-0.39, 0.29) is 5.91 Å². The number of nitrogens with zero attached hydrogens (tertiary/aromatic N) is 3. The van der Waals surface area contributed by atoms with Gasteiger partial charge in [-0.25, -0.2) is 9.67 Å². The summed E-state index contributed by atoms with van der Waals surface area (Å²) >= 11 is 1.53. The minimum atomic E-state index is -0.605. The molecule has 1 aliphatic carbocycles. The lowest BCUT2D eigenvalue weighted by molar-refractivity contribution is -0.124. The number of hydrogen-bond acceptors (Lipinski definition) is 5. The molecule has 3 N–H and O–H groups in total. The van der Waals surface area contributed by atoms with Crippen LogP contribution in [0.4, 0.5) is 0 Å². The third-order valence-electron chi connectivity index (χ3n) is 3.50. The van der Waals surface area contributed by atoms with Crippen LogP contribution in [0.5, 0.6) is 0 Å². The molecular weight excluding hydrogens is 262 g/mol. The second-order valence-electron chi connectivity index (χ2n) is 4.99. The number of aromatic nitrogens is 3. The Morgan fingerprint density at radius 2 is 2.42 bits per heavy atom. The Morgan fingerprint density at radius 3 is 2.89 bits per heavy atom. The maximum Gasteiger partial charge on any atom is 0.238 e. The number of primary amides is 1. The molecule has 1 heterocycles. The average Bonchev–Trinajstić information content (AvgIpc) is 3.14. The van der Waals surface area contributed by atoms with Crippen LogP contribution in [0.25, 0.3) is 0 Å². The highest BCUT2D eigenvalue weighted by Crippen LogP contribution is 2.42. The lowest BCUT2D eigenvalue weighted by Gasteiger charge is -2.31. The monoisotopic (exact) mass is 283 g/mol. The molecular formula is C12H21N5OS. The van der Waals surface area contributed by atoms with E-state index in [0.717, 1.165) is 31.0 Å². The fourth-order valence-corrected chi connectivity index (χ4v) is 3.38. The van der Waals surface area contributed by atoms with Gasteiger partial charge in [0, 0.05) is 12.8 Å². The molecule has 6 nitrogen and oxygen atoms in total. The second kappa shape index (κ2) is 5.92. The van der Waals surface area contributed by atoms with Crippen molar-refractivity contribution in [2.24, 2.45) is 18.7 Å². The molecule has 1 aromatic rings. The van der Waals surface area contributed by atoms with Gasteiger partial charge in [-0.15, -0.1) is 0 Å². The highest BCUT2D eigenvalue weighted by atomic mass is 32.2. The van der Waals surface area contributed by atoms with Gasteiger partial charge in [0.05, 0.1) is 0 Å². The van der Waals surface area contributed by atoms with Crippen LogP contribution in [0, 0.1) is 5.92 Å². The number of carbonyl (C=O) groups is 1. The molecule has 0 bridgehead atoms. The molecule has 1 unspecified atom stereocenters. The van der Waals surface area contributed by atoms with Crippen molar-refractivity contribution in [3.63, 3.8) is 0 Å². The zero-order valence-corrected chi connectivity index (χ0v) is 12.2. The Hall–Kier alpha value is -1.08. The molecule has 2 rings (SSSR count). The lowest BCUT2D eigenvalue weighted by Crippen LogP contribution is -2.59. The highest BCUT2D eigenvalue weighted by Gasteiger charge is 2.49. The van der Waals surface area contributed by atoms with Crippen LogP contribution in [-0.4, -0.2) is 38.5 Å². The van der Waals surface area contributed by atoms with Gasteiger partial charge in [0.15, 0.2) is 5.16 Å². The van der Waals surface area contributed by atoms with Crippen molar-refractivity contribution >= 4 is 17.7 Å². The minimum Gasteiger partial charge on any atom is -0.368 e. The van der Waals surface area contributed by atoms with E-state index in [4.69, 9.17) is 5.73 Å². The Morgan fingerprint density at radius 1 is 1.68 bits per heavy atom. The van der Waals surface area contributed by atoms with Gasteiger partial charge in [0.25, 0.3) is 0 Å². The van der Waals surface area contributed by atoms with E-state index in [9.17, 15) is 4.79 Å². The summed E-state index contributed by atoms with van der Waals surface area (Å²) in [4.78, 5) is 16.1. The van der Waals surface area contributed by atoms with Gasteiger partial charge in [-0.05, 0) is 31.7 Å². The zero-order chi connectivity index (χ0) is 13.9. The highest BCUT2D eigenvalue weighted by molar-refractivity contribution is 7.99. The zero-order valence-electron chi connectivity index (χ0n) is 11.4. The smallest absolute Gasteiger partial charge is 0.238 e. The predicted molar refractivity (Wildman–Crippen MR) is 74.7 cm³/mol. The van der Waals surface area contributed by atoms with E-state index in [2.05, 4.69) is 22.3 Å². The molecule has 0 spiro atoms. The first-order valence-electron chi connectivity index (χ1n) is 6.62. The number of carbonyl (C=O) groups excluding carboxylic acids is 1. The maximum absolute atomic E-state index is 12.0. The normalized spacial score (nSPS) is 18.2. The molecule has 1 fully saturated rings. The van der Waals surface area contributed by atoms with Crippen molar-refractivity contribution in [1.82, 2.24) is 20.1 Å². The Labute approximate surface area is 117 Å². The second-order valence-corrected chi connectivity index (χ2v) is 5.93. The maximum atomic E-state index is 12.0. The van der Waals surface area contributed by atoms with Crippen molar-refractivity contribution in [2.75, 3.05) is 12.3 Å². The van der Waals surface area contributed by atoms with Gasteiger partial charge >= 0.3 is 0 Å². The predicted octanol–water partition coefficient (Wildman–Crippen LogP) is 0.541. The van der Waals surface area contributed by atoms with Crippen LogP contribution in [-0.2, 0) is 11.8 Å². The Bertz CT molecular complexity index is 445. The van der Waals surface area contributed by atoms with E-state index in [1.807, 2.05) is 7.05 Å². The van der Waals surface area contributed by atoms with Gasteiger partial charge in [0.2, 0.25) is 5.91 Å². The largest absolute Gasteiger partial charge is 0.368 e. The Balaban J connectivity index is 2.08. The third-order valence-corrected chi connectivity index (χ3v) is 4.73. The molecule has 0 aromatic carbocycles. The molecule has 106 valence electrons. The summed E-state index contributed by atoms with van der Waals surface area (Å²) in [5.74, 6) is 0.717. The Kier molecular flexibility index (Phi) is 4.46. The molecule has 1 aliphatic rings. The average molecular weight is 283 g/mol. The van der Waals surface area contributed by atoms with Crippen LogP contribution >= 0.6 is 11.8 Å². The van der Waals surface area contributed by atoms with E-state index in [1.54, 1.807) is 4.68 Å². The van der Waals surface area contributed by atoms with Gasteiger partial charge in [-0.1, -0.05) is 18.7 Å². The SMILES string of the molecule is CCCNC(CSc1ncnn1C)(C(N)=O)C1CC1. The van der Waals surface area contributed by atoms with Crippen molar-refractivity contribution in [3.8, 4) is 0 Å². The first kappa shape index (κ1) is 14.3. The molecule has 0 radical (unpaired) electrons. The minimum absolute atomic E-state index is 0.252. The molecule has 1 saturated carbocycles. The van der Waals surface area contributed by atoms with Crippen LogP contribution in [0.3, 0.4) is 0 Å². The number of nitrogens with two attached hydrogens (primary N) is 1. The number of rotatable bonds is 8. The van der Waals surface area contributed by atoms with Gasteiger partial charge in [0.1, 0.15) is 11.9 Å². The summed E-state index contributed by atoms with van der Waals surface area (Å²) in [6, 6.07) is 0. The fourth-order valence-electron chi connectivity index (χ4n) is 2.19. The summed E-state index contributed by atoms with van der Waals surface area (Å²) in [5.41, 5.74) is 5.07. The molecule has 19 heavy (non-hydrogen) atoms. The molecule has 1 amide bonds. The van der Waals surface area contributed by atoms with E-state index in [1.165, 1.54) is 18.1 Å². The lowest BCUT2D eigenvalue weighted by atomic mass is 9.94. The molecule has 0 saturated heterocycles. The van der Waals surface area contributed by atoms with Crippen molar-refractivity contribution in [3.05, 3.63) is 6.33 Å². The molecule has 7 heteroatoms. The van der Waals surface area contributed by atoms with E-state index in [0.29, 0.717) is 11.7 Å². The molecule has 0 aliphatic heterocycles. The summed E-state index contributed by atoms with van der Waals surface area (Å²) in [6.07, 6.45) is 4.64. The van der Waals surface area contributed by atoms with Crippen LogP contribution in [0.1, 0.15) is 26.2 Å². The van der Waals surface area contributed by atoms with Gasteiger partial charge in [-0.2, -0.15) is 5.10 Å². The van der Waals surface area contributed by atoms with Crippen molar-refractivity contribution < 1.29 is 4.79 Å². The van der Waals surface area contributed by atoms with E-state index < -0.39 is 5.54 Å². The third kappa shape index (κ3) is 3.09. The van der Waals surface area contributed by atoms with Crippen LogP contribution in [0.2, 0.25) is 0 Å². The number of aryl methyl sites for hydroxylation is 1. The fraction of sp³-hybridized carbons (Fsp3) is 0.750. The van der Waals surface area contributed by atoms with Crippen molar-refractivity contribution in [2.45, 2.75) is 36.9 Å². The number of hydrogen-bond donors (Lipinski definition) is 2. The van der Waals surface area contributed by atoms with Gasteiger partial charge < -0.3 is 11.1 Å². The first-order chi connectivity index (χ1) is 9.10. The number of amides is 1. The summed E-state index contributed by atoms with van der Waals surface area (Å²) < 4.78 is 1.71. The topological polar surface area (TPSA) is 85.8 Å². The van der Waals surface area contributed by atoms with Gasteiger partial charge in [-0.3, -0.25) is 4.79 Å². The summed E-state index contributed by atoms with van der Waals surface area (Å²) in [6.45, 7) is 2.89. The molecule has 1 atom stereocenters. The van der Waals surface area contributed by atoms with Crippen LogP contribution < -0.4 is 11.1 Å². The summed E-state index contributed by atoms with van der Waals surface area (Å²) in [7, 11) is 1.85. The summed E-state index contributed by atoms with van der Waals surface area (Å²) in [5, 5.41) is 8.22. The number of thioether (sulfide) groups is 1. The van der Waals surface area contributed by atoms with E-state index >= 15 is 0 Å². The number of nitrogens with one attached hydrogen (secondary N) is 1. The van der Waals surface area contributed by atoms with Crippen LogP contribution in [0.15, 0.2) is 11.5 Å². The van der Waals surface area contributed by atoms with Crippen molar-refractivity contribution in [1.29, 1.82) is 0 Å². The quantitative estimate of drug-likeness (QED) is 0.680.